The predicted octanol–water partition coefficient (Wildman–Crippen LogP) is 0.919. The van der Waals surface area contributed by atoms with Crippen LogP contribution in [0.2, 0.25) is 0 Å². The number of aromatic nitrogens is 1. The molecule has 1 N–H and O–H groups in total. The zero-order valence-electron chi connectivity index (χ0n) is 11.5. The summed E-state index contributed by atoms with van der Waals surface area (Å²) in [4.78, 5) is 25.5. The van der Waals surface area contributed by atoms with E-state index in [1.807, 2.05) is 20.8 Å². The second-order valence-electron chi connectivity index (χ2n) is 4.91. The summed E-state index contributed by atoms with van der Waals surface area (Å²) < 4.78 is 5.08. The van der Waals surface area contributed by atoms with Gasteiger partial charge >= 0.3 is 0 Å². The lowest BCUT2D eigenvalue weighted by molar-refractivity contribution is -0.145. The SMILES string of the molecule is CCCC1NC(=O)CN(Cc2c(C)noc2C)C1=O. The summed E-state index contributed by atoms with van der Waals surface area (Å²) in [6.45, 7) is 6.13. The maximum atomic E-state index is 12.3. The molecule has 0 spiro atoms. The molecule has 1 aliphatic rings. The monoisotopic (exact) mass is 265 g/mol. The van der Waals surface area contributed by atoms with Crippen LogP contribution in [0.4, 0.5) is 0 Å². The first-order chi connectivity index (χ1) is 9.02. The summed E-state index contributed by atoms with van der Waals surface area (Å²) in [5, 5.41) is 6.60. The molecular formula is C13H19N3O3. The van der Waals surface area contributed by atoms with E-state index in [0.29, 0.717) is 18.7 Å². The van der Waals surface area contributed by atoms with E-state index in [9.17, 15) is 9.59 Å². The van der Waals surface area contributed by atoms with Crippen molar-refractivity contribution in [1.82, 2.24) is 15.4 Å². The van der Waals surface area contributed by atoms with Gasteiger partial charge in [-0.25, -0.2) is 0 Å². The Morgan fingerprint density at radius 2 is 2.16 bits per heavy atom. The molecule has 0 radical (unpaired) electrons. The van der Waals surface area contributed by atoms with Crippen LogP contribution in [-0.2, 0) is 16.1 Å². The van der Waals surface area contributed by atoms with Gasteiger partial charge < -0.3 is 14.7 Å². The lowest BCUT2D eigenvalue weighted by Gasteiger charge is -2.32. The van der Waals surface area contributed by atoms with E-state index in [-0.39, 0.29) is 18.4 Å². The van der Waals surface area contributed by atoms with Gasteiger partial charge in [0.25, 0.3) is 0 Å². The summed E-state index contributed by atoms with van der Waals surface area (Å²) in [5.74, 6) is 0.564. The van der Waals surface area contributed by atoms with Crippen molar-refractivity contribution >= 4 is 11.8 Å². The van der Waals surface area contributed by atoms with Crippen molar-refractivity contribution in [3.05, 3.63) is 17.0 Å². The van der Waals surface area contributed by atoms with E-state index in [4.69, 9.17) is 4.52 Å². The average Bonchev–Trinajstić information content (AvgIpc) is 2.67. The third-order valence-corrected chi connectivity index (χ3v) is 3.39. The molecule has 1 unspecified atom stereocenters. The third kappa shape index (κ3) is 2.77. The quantitative estimate of drug-likeness (QED) is 0.878. The molecule has 2 heterocycles. The van der Waals surface area contributed by atoms with Gasteiger partial charge in [0, 0.05) is 5.56 Å². The number of piperazine rings is 1. The maximum absolute atomic E-state index is 12.3. The maximum Gasteiger partial charge on any atom is 0.245 e. The second-order valence-corrected chi connectivity index (χ2v) is 4.91. The van der Waals surface area contributed by atoms with Gasteiger partial charge in [0.2, 0.25) is 11.8 Å². The van der Waals surface area contributed by atoms with Crippen LogP contribution in [0.1, 0.15) is 36.8 Å². The van der Waals surface area contributed by atoms with Gasteiger partial charge in [0.15, 0.2) is 0 Å². The van der Waals surface area contributed by atoms with Crippen molar-refractivity contribution in [2.24, 2.45) is 0 Å². The molecule has 104 valence electrons. The fourth-order valence-electron chi connectivity index (χ4n) is 2.31. The molecule has 1 fully saturated rings. The zero-order chi connectivity index (χ0) is 14.0. The second kappa shape index (κ2) is 5.42. The summed E-state index contributed by atoms with van der Waals surface area (Å²) in [5.41, 5.74) is 1.65. The molecule has 6 nitrogen and oxygen atoms in total. The number of nitrogens with zero attached hydrogens (tertiary/aromatic N) is 2. The van der Waals surface area contributed by atoms with Gasteiger partial charge in [-0.1, -0.05) is 18.5 Å². The highest BCUT2D eigenvalue weighted by molar-refractivity contribution is 5.94. The molecule has 1 aromatic heterocycles. The van der Waals surface area contributed by atoms with Crippen LogP contribution in [0.15, 0.2) is 4.52 Å². The Hall–Kier alpha value is -1.85. The lowest BCUT2D eigenvalue weighted by atomic mass is 10.1. The Balaban J connectivity index is 2.14. The Bertz CT molecular complexity index is 476. The molecule has 2 amide bonds. The number of hydrogen-bond donors (Lipinski definition) is 1. The van der Waals surface area contributed by atoms with Gasteiger partial charge in [-0.15, -0.1) is 0 Å². The highest BCUT2D eigenvalue weighted by atomic mass is 16.5. The summed E-state index contributed by atoms with van der Waals surface area (Å²) in [6, 6.07) is -0.397. The molecule has 0 bridgehead atoms. The largest absolute Gasteiger partial charge is 0.361 e. The molecular weight excluding hydrogens is 246 g/mol. The van der Waals surface area contributed by atoms with E-state index in [1.165, 1.54) is 0 Å². The lowest BCUT2D eigenvalue weighted by Crippen LogP contribution is -2.57. The van der Waals surface area contributed by atoms with Crippen molar-refractivity contribution in [1.29, 1.82) is 0 Å². The Morgan fingerprint density at radius 3 is 2.74 bits per heavy atom. The Kier molecular flexibility index (Phi) is 3.87. The molecule has 0 aliphatic carbocycles. The molecule has 0 saturated carbocycles. The van der Waals surface area contributed by atoms with E-state index in [1.54, 1.807) is 4.90 Å². The molecule has 2 rings (SSSR count). The number of aryl methyl sites for hydroxylation is 2. The zero-order valence-corrected chi connectivity index (χ0v) is 11.5. The predicted molar refractivity (Wildman–Crippen MR) is 68.2 cm³/mol. The van der Waals surface area contributed by atoms with Crippen LogP contribution >= 0.6 is 0 Å². The highest BCUT2D eigenvalue weighted by Crippen LogP contribution is 2.17. The summed E-state index contributed by atoms with van der Waals surface area (Å²) >= 11 is 0. The van der Waals surface area contributed by atoms with Gasteiger partial charge in [0.1, 0.15) is 11.8 Å². The topological polar surface area (TPSA) is 75.4 Å². The van der Waals surface area contributed by atoms with Crippen molar-refractivity contribution in [2.75, 3.05) is 6.54 Å². The molecule has 0 aromatic carbocycles. The highest BCUT2D eigenvalue weighted by Gasteiger charge is 2.32. The first-order valence-electron chi connectivity index (χ1n) is 6.52. The van der Waals surface area contributed by atoms with Gasteiger partial charge in [-0.05, 0) is 20.3 Å². The minimum Gasteiger partial charge on any atom is -0.361 e. The molecule has 6 heteroatoms. The molecule has 1 saturated heterocycles. The number of rotatable bonds is 4. The number of nitrogens with one attached hydrogen (secondary N) is 1. The summed E-state index contributed by atoms with van der Waals surface area (Å²) in [6.07, 6.45) is 1.53. The third-order valence-electron chi connectivity index (χ3n) is 3.39. The van der Waals surface area contributed by atoms with Gasteiger partial charge in [-0.2, -0.15) is 0 Å². The minimum atomic E-state index is -0.397. The molecule has 1 atom stereocenters. The fraction of sp³-hybridized carbons (Fsp3) is 0.615. The average molecular weight is 265 g/mol. The van der Waals surface area contributed by atoms with Crippen LogP contribution < -0.4 is 5.32 Å². The molecule has 1 aromatic rings. The van der Waals surface area contributed by atoms with Crippen LogP contribution in [0.25, 0.3) is 0 Å². The van der Waals surface area contributed by atoms with E-state index >= 15 is 0 Å². The fourth-order valence-corrected chi connectivity index (χ4v) is 2.31. The number of hydrogen-bond acceptors (Lipinski definition) is 4. The first-order valence-corrected chi connectivity index (χ1v) is 6.52. The van der Waals surface area contributed by atoms with Crippen molar-refractivity contribution in [3.8, 4) is 0 Å². The Labute approximate surface area is 112 Å². The number of amides is 2. The number of carbonyl (C=O) groups is 2. The first kappa shape index (κ1) is 13.6. The van der Waals surface area contributed by atoms with Crippen molar-refractivity contribution < 1.29 is 14.1 Å². The van der Waals surface area contributed by atoms with Gasteiger partial charge in [0.05, 0.1) is 18.8 Å². The van der Waals surface area contributed by atoms with E-state index in [0.717, 1.165) is 17.7 Å². The van der Waals surface area contributed by atoms with Crippen LogP contribution in [0.5, 0.6) is 0 Å². The molecule has 1 aliphatic heterocycles. The van der Waals surface area contributed by atoms with E-state index < -0.39 is 6.04 Å². The van der Waals surface area contributed by atoms with Crippen LogP contribution in [0, 0.1) is 13.8 Å². The Morgan fingerprint density at radius 1 is 1.42 bits per heavy atom. The van der Waals surface area contributed by atoms with Gasteiger partial charge in [-0.3, -0.25) is 9.59 Å². The van der Waals surface area contributed by atoms with Crippen LogP contribution in [0.3, 0.4) is 0 Å². The summed E-state index contributed by atoms with van der Waals surface area (Å²) in [7, 11) is 0. The van der Waals surface area contributed by atoms with E-state index in [2.05, 4.69) is 10.5 Å². The van der Waals surface area contributed by atoms with Crippen molar-refractivity contribution in [3.63, 3.8) is 0 Å². The number of carbonyl (C=O) groups excluding carboxylic acids is 2. The smallest absolute Gasteiger partial charge is 0.245 e. The standard InChI is InChI=1S/C13H19N3O3/c1-4-5-11-13(18)16(7-12(17)14-11)6-10-8(2)15-19-9(10)3/h11H,4-7H2,1-3H3,(H,14,17). The minimum absolute atomic E-state index is 0.0264. The normalized spacial score (nSPS) is 19.7. The van der Waals surface area contributed by atoms with Crippen molar-refractivity contribution in [2.45, 2.75) is 46.2 Å². The van der Waals surface area contributed by atoms with Crippen LogP contribution in [-0.4, -0.2) is 34.5 Å². The molecule has 19 heavy (non-hydrogen) atoms.